The summed E-state index contributed by atoms with van der Waals surface area (Å²) in [6.45, 7) is 2.13. The number of rotatable bonds is 5. The first-order valence-corrected chi connectivity index (χ1v) is 10.3. The second kappa shape index (κ2) is 8.06. The number of nitrogens with zero attached hydrogens (tertiary/aromatic N) is 4. The maximum absolute atomic E-state index is 6.29. The molecule has 2 aromatic carbocycles. The summed E-state index contributed by atoms with van der Waals surface area (Å²) < 4.78 is 6.29. The van der Waals surface area contributed by atoms with Gasteiger partial charge in [0.2, 0.25) is 11.0 Å². The average molecular weight is 394 g/mol. The summed E-state index contributed by atoms with van der Waals surface area (Å²) in [4.78, 5) is 6.72. The number of para-hydroxylation sites is 1. The Bertz CT molecular complexity index is 961. The van der Waals surface area contributed by atoms with Gasteiger partial charge in [-0.2, -0.15) is 4.98 Å². The first-order valence-electron chi connectivity index (χ1n) is 9.33. The van der Waals surface area contributed by atoms with Crippen molar-refractivity contribution >= 4 is 23.1 Å². The van der Waals surface area contributed by atoms with Crippen molar-refractivity contribution in [2.75, 3.05) is 30.1 Å². The second-order valence-corrected chi connectivity index (χ2v) is 7.83. The molecule has 0 saturated heterocycles. The molecule has 1 aliphatic heterocycles. The Morgan fingerprint density at radius 2 is 1.86 bits per heavy atom. The smallest absolute Gasteiger partial charge is 0.247 e. The molecule has 1 N–H and O–H groups in total. The Labute approximate surface area is 169 Å². The van der Waals surface area contributed by atoms with Crippen LogP contribution in [0.3, 0.4) is 0 Å². The third-order valence-electron chi connectivity index (χ3n) is 4.48. The summed E-state index contributed by atoms with van der Waals surface area (Å²) in [5.74, 6) is 1.46. The van der Waals surface area contributed by atoms with Crippen LogP contribution in [-0.4, -0.2) is 35.0 Å². The van der Waals surface area contributed by atoms with Crippen LogP contribution in [-0.2, 0) is 0 Å². The number of hydrogen-bond acceptors (Lipinski definition) is 7. The van der Waals surface area contributed by atoms with E-state index in [0.717, 1.165) is 34.7 Å². The lowest BCUT2D eigenvalue weighted by molar-refractivity contribution is 0.225. The van der Waals surface area contributed by atoms with Gasteiger partial charge < -0.3 is 15.0 Å². The largest absolute Gasteiger partial charge is 0.448 e. The number of aromatic nitrogens is 3. The summed E-state index contributed by atoms with van der Waals surface area (Å²) >= 11 is 1.59. The van der Waals surface area contributed by atoms with Crippen molar-refractivity contribution < 1.29 is 4.74 Å². The third-order valence-corrected chi connectivity index (χ3v) is 5.52. The van der Waals surface area contributed by atoms with Gasteiger partial charge in [-0.25, -0.2) is 0 Å². The maximum atomic E-state index is 6.29. The van der Waals surface area contributed by atoms with E-state index < -0.39 is 0 Å². The van der Waals surface area contributed by atoms with Gasteiger partial charge in [-0.05, 0) is 24.6 Å². The van der Waals surface area contributed by atoms with Crippen LogP contribution >= 0.6 is 11.8 Å². The number of nitrogens with one attached hydrogen (secondary N) is 1. The van der Waals surface area contributed by atoms with Gasteiger partial charge in [0.15, 0.2) is 11.9 Å². The highest BCUT2D eigenvalue weighted by Crippen LogP contribution is 2.39. The molecule has 0 amide bonds. The van der Waals surface area contributed by atoms with Gasteiger partial charge in [-0.3, -0.25) is 0 Å². The molecular formula is C21H23N5OS. The SMILES string of the molecule is CCCSc1nnc2c(n1)OC(c1ccc(N(C)C)cc1)Nc1ccccc1-2. The fourth-order valence-corrected chi connectivity index (χ4v) is 3.63. The van der Waals surface area contributed by atoms with E-state index in [0.29, 0.717) is 16.7 Å². The van der Waals surface area contributed by atoms with E-state index in [2.05, 4.69) is 56.6 Å². The zero-order valence-corrected chi connectivity index (χ0v) is 17.0. The number of thioether (sulfide) groups is 1. The Balaban J connectivity index is 1.74. The third kappa shape index (κ3) is 3.75. The molecule has 1 unspecified atom stereocenters. The molecule has 1 aliphatic rings. The van der Waals surface area contributed by atoms with E-state index in [1.165, 1.54) is 0 Å². The normalized spacial score (nSPS) is 14.9. The van der Waals surface area contributed by atoms with Crippen LogP contribution in [0.5, 0.6) is 5.88 Å². The van der Waals surface area contributed by atoms with E-state index in [4.69, 9.17) is 4.74 Å². The lowest BCUT2D eigenvalue weighted by Gasteiger charge is -2.20. The molecule has 2 heterocycles. The summed E-state index contributed by atoms with van der Waals surface area (Å²) in [5.41, 5.74) is 4.72. The Hall–Kier alpha value is -2.80. The average Bonchev–Trinajstić information content (AvgIpc) is 2.88. The molecular weight excluding hydrogens is 370 g/mol. The number of anilines is 2. The molecule has 6 nitrogen and oxygen atoms in total. The predicted octanol–water partition coefficient (Wildman–Crippen LogP) is 4.61. The van der Waals surface area contributed by atoms with E-state index in [-0.39, 0.29) is 6.23 Å². The van der Waals surface area contributed by atoms with E-state index in [9.17, 15) is 0 Å². The minimum Gasteiger partial charge on any atom is -0.448 e. The molecule has 0 saturated carbocycles. The Morgan fingerprint density at radius 3 is 2.61 bits per heavy atom. The molecule has 4 rings (SSSR count). The van der Waals surface area contributed by atoms with Crippen molar-refractivity contribution in [3.8, 4) is 17.1 Å². The molecule has 1 aromatic heterocycles. The minimum absolute atomic E-state index is 0.362. The van der Waals surface area contributed by atoms with Crippen LogP contribution in [0.4, 0.5) is 11.4 Å². The second-order valence-electron chi connectivity index (χ2n) is 6.77. The Morgan fingerprint density at radius 1 is 1.07 bits per heavy atom. The molecule has 0 radical (unpaired) electrons. The van der Waals surface area contributed by atoms with Crippen molar-refractivity contribution in [1.82, 2.24) is 15.2 Å². The van der Waals surface area contributed by atoms with Crippen molar-refractivity contribution in [3.63, 3.8) is 0 Å². The summed E-state index contributed by atoms with van der Waals surface area (Å²) in [6.07, 6.45) is 0.691. The molecule has 1 atom stereocenters. The zero-order valence-electron chi connectivity index (χ0n) is 16.2. The lowest BCUT2D eigenvalue weighted by atomic mass is 10.1. The highest BCUT2D eigenvalue weighted by atomic mass is 32.2. The van der Waals surface area contributed by atoms with Crippen LogP contribution in [0.15, 0.2) is 53.7 Å². The van der Waals surface area contributed by atoms with Crippen LogP contribution < -0.4 is 15.0 Å². The van der Waals surface area contributed by atoms with E-state index in [1.807, 2.05) is 38.4 Å². The van der Waals surface area contributed by atoms with Gasteiger partial charge in [-0.15, -0.1) is 10.2 Å². The molecule has 0 bridgehead atoms. The van der Waals surface area contributed by atoms with Crippen LogP contribution in [0.25, 0.3) is 11.3 Å². The van der Waals surface area contributed by atoms with Gasteiger partial charge in [-0.1, -0.05) is 49.0 Å². The fourth-order valence-electron chi connectivity index (χ4n) is 3.00. The molecule has 28 heavy (non-hydrogen) atoms. The highest BCUT2D eigenvalue weighted by Gasteiger charge is 2.26. The molecule has 7 heteroatoms. The molecule has 0 aliphatic carbocycles. The quantitative estimate of drug-likeness (QED) is 0.635. The summed E-state index contributed by atoms with van der Waals surface area (Å²) in [6, 6.07) is 16.3. The van der Waals surface area contributed by atoms with E-state index >= 15 is 0 Å². The topological polar surface area (TPSA) is 63.2 Å². The van der Waals surface area contributed by atoms with Gasteiger partial charge in [0.05, 0.1) is 0 Å². The lowest BCUT2D eigenvalue weighted by Crippen LogP contribution is -2.17. The number of benzene rings is 2. The predicted molar refractivity (Wildman–Crippen MR) is 114 cm³/mol. The molecule has 3 aromatic rings. The monoisotopic (exact) mass is 393 g/mol. The maximum Gasteiger partial charge on any atom is 0.247 e. The van der Waals surface area contributed by atoms with Crippen LogP contribution in [0.1, 0.15) is 25.1 Å². The number of fused-ring (bicyclic) bond motifs is 3. The number of ether oxygens (including phenoxy) is 1. The van der Waals surface area contributed by atoms with Gasteiger partial charge >= 0.3 is 0 Å². The summed E-state index contributed by atoms with van der Waals surface area (Å²) in [7, 11) is 4.06. The fraction of sp³-hybridized carbons (Fsp3) is 0.286. The van der Waals surface area contributed by atoms with Crippen molar-refractivity contribution in [2.45, 2.75) is 24.7 Å². The standard InChI is InChI=1S/C21H23N5OS/c1-4-13-28-21-23-20-18(24-25-21)16-7-5-6-8-17(16)22-19(27-20)14-9-11-15(12-10-14)26(2)3/h5-12,19,22H,4,13H2,1-3H3. The van der Waals surface area contributed by atoms with E-state index in [1.54, 1.807) is 11.8 Å². The first-order chi connectivity index (χ1) is 13.7. The molecule has 0 spiro atoms. The van der Waals surface area contributed by atoms with Gasteiger partial charge in [0.1, 0.15) is 0 Å². The summed E-state index contributed by atoms with van der Waals surface area (Å²) in [5, 5.41) is 12.8. The van der Waals surface area contributed by atoms with Gasteiger partial charge in [0, 0.05) is 42.3 Å². The van der Waals surface area contributed by atoms with Crippen molar-refractivity contribution in [2.24, 2.45) is 0 Å². The number of hydrogen-bond donors (Lipinski definition) is 1. The zero-order chi connectivity index (χ0) is 19.5. The van der Waals surface area contributed by atoms with Gasteiger partial charge in [0.25, 0.3) is 0 Å². The van der Waals surface area contributed by atoms with Crippen LogP contribution in [0, 0.1) is 0 Å². The first kappa shape index (κ1) is 18.6. The highest BCUT2D eigenvalue weighted by molar-refractivity contribution is 7.99. The van der Waals surface area contributed by atoms with Crippen molar-refractivity contribution in [1.29, 1.82) is 0 Å². The van der Waals surface area contributed by atoms with Crippen molar-refractivity contribution in [3.05, 3.63) is 54.1 Å². The van der Waals surface area contributed by atoms with Crippen LogP contribution in [0.2, 0.25) is 0 Å². The molecule has 144 valence electrons. The minimum atomic E-state index is -0.362. The Kier molecular flexibility index (Phi) is 5.34. The molecule has 0 fully saturated rings.